The van der Waals surface area contributed by atoms with E-state index in [4.69, 9.17) is 4.74 Å². The van der Waals surface area contributed by atoms with Gasteiger partial charge in [0.05, 0.1) is 13.2 Å². The summed E-state index contributed by atoms with van der Waals surface area (Å²) in [6.07, 6.45) is 2.47. The second-order valence-electron chi connectivity index (χ2n) is 6.74. The Balaban J connectivity index is 1.49. The molecule has 1 aliphatic rings. The molecule has 0 saturated carbocycles. The molecule has 0 radical (unpaired) electrons. The summed E-state index contributed by atoms with van der Waals surface area (Å²) in [6.45, 7) is 3.04. The van der Waals surface area contributed by atoms with Crippen LogP contribution in [0.5, 0.6) is 5.75 Å². The van der Waals surface area contributed by atoms with E-state index in [1.54, 1.807) is 53.4 Å². The number of anilines is 2. The minimum absolute atomic E-state index is 0.111. The summed E-state index contributed by atoms with van der Waals surface area (Å²) in [6, 6.07) is 13.9. The maximum absolute atomic E-state index is 12.3. The number of hydrogen-bond acceptors (Lipinski definition) is 4. The van der Waals surface area contributed by atoms with Crippen molar-refractivity contribution in [1.82, 2.24) is 5.32 Å². The average molecular weight is 395 g/mol. The van der Waals surface area contributed by atoms with Crippen LogP contribution in [0.15, 0.2) is 48.5 Å². The van der Waals surface area contributed by atoms with Crippen LogP contribution >= 0.6 is 0 Å². The molecule has 0 atom stereocenters. The van der Waals surface area contributed by atoms with Crippen LogP contribution in [0.1, 0.15) is 36.5 Å². The first-order valence-electron chi connectivity index (χ1n) is 9.78. The topological polar surface area (TPSA) is 87.7 Å². The van der Waals surface area contributed by atoms with Gasteiger partial charge in [0.25, 0.3) is 5.91 Å². The van der Waals surface area contributed by atoms with E-state index in [2.05, 4.69) is 10.6 Å². The third-order valence-corrected chi connectivity index (χ3v) is 4.62. The quantitative estimate of drug-likeness (QED) is 0.755. The number of carbonyl (C=O) groups is 3. The van der Waals surface area contributed by atoms with Crippen LogP contribution in [0.4, 0.5) is 11.4 Å². The minimum atomic E-state index is -0.344. The molecule has 3 amide bonds. The molecule has 0 aliphatic carbocycles. The van der Waals surface area contributed by atoms with Gasteiger partial charge in [-0.3, -0.25) is 14.4 Å². The van der Waals surface area contributed by atoms with Crippen molar-refractivity contribution >= 4 is 29.1 Å². The number of rotatable bonds is 7. The Bertz CT molecular complexity index is 863. The van der Waals surface area contributed by atoms with Gasteiger partial charge >= 0.3 is 0 Å². The van der Waals surface area contributed by atoms with Crippen molar-refractivity contribution in [3.63, 3.8) is 0 Å². The number of amides is 3. The number of nitrogens with zero attached hydrogens (tertiary/aromatic N) is 1. The Kier molecular flexibility index (Phi) is 6.84. The highest BCUT2D eigenvalue weighted by Crippen LogP contribution is 2.21. The highest BCUT2D eigenvalue weighted by Gasteiger charge is 2.19. The second-order valence-corrected chi connectivity index (χ2v) is 6.74. The zero-order chi connectivity index (χ0) is 20.6. The molecule has 2 N–H and O–H groups in total. The summed E-state index contributed by atoms with van der Waals surface area (Å²) in [5.41, 5.74) is 1.86. The van der Waals surface area contributed by atoms with E-state index in [-0.39, 0.29) is 24.3 Å². The second kappa shape index (κ2) is 9.73. The zero-order valence-corrected chi connectivity index (χ0v) is 16.4. The predicted octanol–water partition coefficient (Wildman–Crippen LogP) is 2.97. The molecule has 2 aromatic rings. The molecule has 1 fully saturated rings. The molecule has 7 heteroatoms. The Morgan fingerprint density at radius 3 is 2.41 bits per heavy atom. The van der Waals surface area contributed by atoms with Crippen LogP contribution in [0, 0.1) is 0 Å². The van der Waals surface area contributed by atoms with E-state index in [0.717, 1.165) is 24.3 Å². The van der Waals surface area contributed by atoms with Gasteiger partial charge in [0.1, 0.15) is 5.75 Å². The molecule has 3 rings (SSSR count). The zero-order valence-electron chi connectivity index (χ0n) is 16.4. The lowest BCUT2D eigenvalue weighted by Gasteiger charge is -2.26. The van der Waals surface area contributed by atoms with Crippen molar-refractivity contribution in [3.8, 4) is 5.75 Å². The molecule has 0 unspecified atom stereocenters. The summed E-state index contributed by atoms with van der Waals surface area (Å²) in [5, 5.41) is 5.32. The number of piperidine rings is 1. The van der Waals surface area contributed by atoms with Crippen molar-refractivity contribution < 1.29 is 19.1 Å². The fourth-order valence-corrected chi connectivity index (χ4v) is 3.14. The highest BCUT2D eigenvalue weighted by molar-refractivity contribution is 6.00. The standard InChI is InChI=1S/C22H25N3O4/c1-2-29-19-12-8-17(9-13-19)24-20(26)15-23-22(28)16-6-10-18(11-7-16)25-14-4-3-5-21(25)27/h6-13H,2-5,14-15H2,1H3,(H,23,28)(H,24,26). The van der Waals surface area contributed by atoms with Gasteiger partial charge in [-0.2, -0.15) is 0 Å². The monoisotopic (exact) mass is 395 g/mol. The first-order valence-corrected chi connectivity index (χ1v) is 9.78. The lowest BCUT2D eigenvalue weighted by atomic mass is 10.1. The Morgan fingerprint density at radius 2 is 1.76 bits per heavy atom. The summed E-state index contributed by atoms with van der Waals surface area (Å²) in [4.78, 5) is 38.1. The van der Waals surface area contributed by atoms with Crippen molar-refractivity contribution in [2.45, 2.75) is 26.2 Å². The van der Waals surface area contributed by atoms with Gasteiger partial charge in [-0.05, 0) is 68.3 Å². The molecule has 0 spiro atoms. The third kappa shape index (κ3) is 5.57. The summed E-state index contributed by atoms with van der Waals surface area (Å²) >= 11 is 0. The molecule has 0 bridgehead atoms. The first-order chi connectivity index (χ1) is 14.1. The molecule has 0 aromatic heterocycles. The van der Waals surface area contributed by atoms with E-state index >= 15 is 0 Å². The van der Waals surface area contributed by atoms with Crippen LogP contribution in [-0.2, 0) is 9.59 Å². The number of benzene rings is 2. The normalized spacial score (nSPS) is 13.7. The van der Waals surface area contributed by atoms with Gasteiger partial charge in [0.15, 0.2) is 0 Å². The SMILES string of the molecule is CCOc1ccc(NC(=O)CNC(=O)c2ccc(N3CCCCC3=O)cc2)cc1. The van der Waals surface area contributed by atoms with Gasteiger partial charge in [-0.1, -0.05) is 0 Å². The van der Waals surface area contributed by atoms with Crippen LogP contribution in [-0.4, -0.2) is 37.4 Å². The van der Waals surface area contributed by atoms with Gasteiger partial charge in [-0.25, -0.2) is 0 Å². The number of carbonyl (C=O) groups excluding carboxylic acids is 3. The van der Waals surface area contributed by atoms with Gasteiger partial charge < -0.3 is 20.3 Å². The van der Waals surface area contributed by atoms with Gasteiger partial charge in [-0.15, -0.1) is 0 Å². The van der Waals surface area contributed by atoms with Crippen LogP contribution in [0.25, 0.3) is 0 Å². The Labute approximate surface area is 170 Å². The largest absolute Gasteiger partial charge is 0.494 e. The lowest BCUT2D eigenvalue weighted by molar-refractivity contribution is -0.119. The highest BCUT2D eigenvalue weighted by atomic mass is 16.5. The maximum Gasteiger partial charge on any atom is 0.251 e. The average Bonchev–Trinajstić information content (AvgIpc) is 2.74. The summed E-state index contributed by atoms with van der Waals surface area (Å²) in [7, 11) is 0. The molecule has 2 aromatic carbocycles. The van der Waals surface area contributed by atoms with Gasteiger partial charge in [0, 0.05) is 29.9 Å². The predicted molar refractivity (Wildman–Crippen MR) is 111 cm³/mol. The molecule has 1 saturated heterocycles. The molecule has 7 nitrogen and oxygen atoms in total. The number of nitrogens with one attached hydrogen (secondary N) is 2. The molecule has 29 heavy (non-hydrogen) atoms. The van der Waals surface area contributed by atoms with E-state index in [9.17, 15) is 14.4 Å². The molecule has 1 aliphatic heterocycles. The van der Waals surface area contributed by atoms with Crippen molar-refractivity contribution in [1.29, 1.82) is 0 Å². The van der Waals surface area contributed by atoms with Crippen LogP contribution in [0.2, 0.25) is 0 Å². The van der Waals surface area contributed by atoms with Crippen molar-refractivity contribution in [2.24, 2.45) is 0 Å². The van der Waals surface area contributed by atoms with Gasteiger partial charge in [0.2, 0.25) is 11.8 Å². The smallest absolute Gasteiger partial charge is 0.251 e. The summed E-state index contributed by atoms with van der Waals surface area (Å²) < 4.78 is 5.36. The fourth-order valence-electron chi connectivity index (χ4n) is 3.14. The molecular weight excluding hydrogens is 370 g/mol. The lowest BCUT2D eigenvalue weighted by Crippen LogP contribution is -2.35. The van der Waals surface area contributed by atoms with E-state index < -0.39 is 0 Å². The molecule has 152 valence electrons. The third-order valence-electron chi connectivity index (χ3n) is 4.62. The molecular formula is C22H25N3O4. The Morgan fingerprint density at radius 1 is 1.03 bits per heavy atom. The van der Waals surface area contributed by atoms with E-state index in [1.807, 2.05) is 6.92 Å². The van der Waals surface area contributed by atoms with Crippen LogP contribution in [0.3, 0.4) is 0 Å². The first kappa shape index (κ1) is 20.4. The number of ether oxygens (including phenoxy) is 1. The van der Waals surface area contributed by atoms with E-state index in [0.29, 0.717) is 30.8 Å². The minimum Gasteiger partial charge on any atom is -0.494 e. The Hall–Kier alpha value is -3.35. The van der Waals surface area contributed by atoms with Crippen LogP contribution < -0.4 is 20.3 Å². The summed E-state index contributed by atoms with van der Waals surface area (Å²) in [5.74, 6) is 0.175. The van der Waals surface area contributed by atoms with Crippen molar-refractivity contribution in [3.05, 3.63) is 54.1 Å². The van der Waals surface area contributed by atoms with Crippen molar-refractivity contribution in [2.75, 3.05) is 29.9 Å². The van der Waals surface area contributed by atoms with E-state index in [1.165, 1.54) is 0 Å². The fraction of sp³-hybridized carbons (Fsp3) is 0.318. The molecule has 1 heterocycles. The maximum atomic E-state index is 12.3. The number of hydrogen-bond donors (Lipinski definition) is 2.